The van der Waals surface area contributed by atoms with Crippen molar-refractivity contribution >= 4 is 17.5 Å². The minimum absolute atomic E-state index is 0.191. The Labute approximate surface area is 143 Å². The monoisotopic (exact) mass is 324 g/mol. The molecule has 4 heteroatoms. The number of nitrogens with one attached hydrogen (secondary N) is 2. The first-order chi connectivity index (χ1) is 11.2. The van der Waals surface area contributed by atoms with Crippen LogP contribution in [0.4, 0.5) is 5.69 Å². The molecule has 0 unspecified atom stereocenters. The Balaban J connectivity index is 2.18. The highest BCUT2D eigenvalue weighted by atomic mass is 16.2. The van der Waals surface area contributed by atoms with Crippen LogP contribution in [0.25, 0.3) is 0 Å². The first-order valence-electron chi connectivity index (χ1n) is 7.97. The van der Waals surface area contributed by atoms with Crippen molar-refractivity contribution in [2.24, 2.45) is 0 Å². The molecule has 2 N–H and O–H groups in total. The molecule has 24 heavy (non-hydrogen) atoms. The van der Waals surface area contributed by atoms with E-state index < -0.39 is 0 Å². The highest BCUT2D eigenvalue weighted by Crippen LogP contribution is 2.17. The number of benzene rings is 2. The van der Waals surface area contributed by atoms with Crippen LogP contribution < -0.4 is 10.6 Å². The van der Waals surface area contributed by atoms with Crippen molar-refractivity contribution in [3.63, 3.8) is 0 Å². The maximum absolute atomic E-state index is 12.5. The van der Waals surface area contributed by atoms with Gasteiger partial charge >= 0.3 is 0 Å². The lowest BCUT2D eigenvalue weighted by Gasteiger charge is -2.20. The Hall–Kier alpha value is -2.62. The minimum atomic E-state index is -0.325. The van der Waals surface area contributed by atoms with E-state index in [0.717, 1.165) is 16.8 Å². The number of anilines is 1. The second-order valence-corrected chi connectivity index (χ2v) is 7.06. The van der Waals surface area contributed by atoms with Gasteiger partial charge in [-0.15, -0.1) is 0 Å². The second kappa shape index (κ2) is 6.87. The number of carbonyl (C=O) groups is 2. The van der Waals surface area contributed by atoms with Crippen molar-refractivity contribution in [2.45, 2.75) is 40.2 Å². The number of hydrogen-bond donors (Lipinski definition) is 2. The van der Waals surface area contributed by atoms with E-state index in [-0.39, 0.29) is 17.4 Å². The molecule has 0 bridgehead atoms. The van der Waals surface area contributed by atoms with Crippen LogP contribution in [0, 0.1) is 13.8 Å². The maximum Gasteiger partial charge on any atom is 0.255 e. The average molecular weight is 324 g/mol. The Morgan fingerprint density at radius 3 is 2.08 bits per heavy atom. The smallest absolute Gasteiger partial charge is 0.255 e. The van der Waals surface area contributed by atoms with Gasteiger partial charge in [-0.1, -0.05) is 23.8 Å². The molecule has 2 rings (SSSR count). The van der Waals surface area contributed by atoms with Crippen LogP contribution in [0.15, 0.2) is 42.5 Å². The van der Waals surface area contributed by atoms with E-state index in [1.165, 1.54) is 0 Å². The van der Waals surface area contributed by atoms with E-state index >= 15 is 0 Å². The van der Waals surface area contributed by atoms with E-state index in [2.05, 4.69) is 10.6 Å². The Kier molecular flexibility index (Phi) is 5.07. The molecule has 0 heterocycles. The number of amides is 2. The quantitative estimate of drug-likeness (QED) is 0.893. The standard InChI is InChI=1S/C20H24N2O2/c1-13-9-10-17(14(2)11-13)21-18(23)15-7-6-8-16(12-15)19(24)22-20(3,4)5/h6-12H,1-5H3,(H,21,23)(H,22,24). The average Bonchev–Trinajstić information content (AvgIpc) is 2.48. The molecule has 0 aromatic heterocycles. The van der Waals surface area contributed by atoms with Gasteiger partial charge in [0.2, 0.25) is 0 Å². The van der Waals surface area contributed by atoms with Crippen LogP contribution in [-0.4, -0.2) is 17.4 Å². The van der Waals surface area contributed by atoms with Crippen LogP contribution in [0.2, 0.25) is 0 Å². The maximum atomic E-state index is 12.5. The Bertz CT molecular complexity index is 773. The lowest BCUT2D eigenvalue weighted by molar-refractivity contribution is 0.0919. The summed E-state index contributed by atoms with van der Waals surface area (Å²) in [5, 5.41) is 5.79. The summed E-state index contributed by atoms with van der Waals surface area (Å²) in [4.78, 5) is 24.7. The van der Waals surface area contributed by atoms with Gasteiger partial charge in [0, 0.05) is 22.4 Å². The van der Waals surface area contributed by atoms with Gasteiger partial charge in [0.1, 0.15) is 0 Å². The Morgan fingerprint density at radius 1 is 0.875 bits per heavy atom. The van der Waals surface area contributed by atoms with Gasteiger partial charge in [-0.2, -0.15) is 0 Å². The van der Waals surface area contributed by atoms with Gasteiger partial charge in [-0.05, 0) is 64.4 Å². The zero-order chi connectivity index (χ0) is 17.9. The normalized spacial score (nSPS) is 11.0. The number of hydrogen-bond acceptors (Lipinski definition) is 2. The molecule has 0 aliphatic rings. The SMILES string of the molecule is Cc1ccc(NC(=O)c2cccc(C(=O)NC(C)(C)C)c2)c(C)c1. The van der Waals surface area contributed by atoms with E-state index in [9.17, 15) is 9.59 Å². The molecule has 126 valence electrons. The summed E-state index contributed by atoms with van der Waals surface area (Å²) < 4.78 is 0. The molecule has 0 spiro atoms. The topological polar surface area (TPSA) is 58.2 Å². The predicted molar refractivity (Wildman–Crippen MR) is 97.5 cm³/mol. The zero-order valence-corrected chi connectivity index (χ0v) is 14.9. The van der Waals surface area contributed by atoms with Gasteiger partial charge < -0.3 is 10.6 Å². The van der Waals surface area contributed by atoms with Crippen molar-refractivity contribution in [2.75, 3.05) is 5.32 Å². The van der Waals surface area contributed by atoms with Crippen molar-refractivity contribution in [3.8, 4) is 0 Å². The fourth-order valence-electron chi connectivity index (χ4n) is 2.36. The van der Waals surface area contributed by atoms with Gasteiger partial charge in [0.15, 0.2) is 0 Å². The minimum Gasteiger partial charge on any atom is -0.347 e. The molecule has 2 amide bonds. The predicted octanol–water partition coefficient (Wildman–Crippen LogP) is 4.08. The molecular weight excluding hydrogens is 300 g/mol. The third kappa shape index (κ3) is 4.69. The summed E-state index contributed by atoms with van der Waals surface area (Å²) in [7, 11) is 0. The molecular formula is C20H24N2O2. The fourth-order valence-corrected chi connectivity index (χ4v) is 2.36. The number of rotatable bonds is 3. The molecule has 0 atom stereocenters. The van der Waals surface area contributed by atoms with E-state index in [4.69, 9.17) is 0 Å². The van der Waals surface area contributed by atoms with Crippen LogP contribution in [0.1, 0.15) is 52.6 Å². The van der Waals surface area contributed by atoms with E-state index in [1.54, 1.807) is 24.3 Å². The van der Waals surface area contributed by atoms with Crippen molar-refractivity contribution in [3.05, 3.63) is 64.7 Å². The summed E-state index contributed by atoms with van der Waals surface area (Å²) in [6.07, 6.45) is 0. The molecule has 0 fully saturated rings. The molecule has 0 saturated heterocycles. The third-order valence-electron chi connectivity index (χ3n) is 3.51. The molecule has 0 aliphatic carbocycles. The molecule has 0 radical (unpaired) electrons. The highest BCUT2D eigenvalue weighted by molar-refractivity contribution is 6.06. The van der Waals surface area contributed by atoms with Crippen LogP contribution >= 0.6 is 0 Å². The first kappa shape index (κ1) is 17.7. The van der Waals surface area contributed by atoms with E-state index in [0.29, 0.717) is 11.1 Å². The van der Waals surface area contributed by atoms with Gasteiger partial charge in [-0.25, -0.2) is 0 Å². The third-order valence-corrected chi connectivity index (χ3v) is 3.51. The molecule has 2 aromatic carbocycles. The summed E-state index contributed by atoms with van der Waals surface area (Å²) in [6, 6.07) is 12.6. The van der Waals surface area contributed by atoms with Crippen molar-refractivity contribution < 1.29 is 9.59 Å². The summed E-state index contributed by atoms with van der Waals surface area (Å²) in [6.45, 7) is 9.72. The molecule has 2 aromatic rings. The van der Waals surface area contributed by atoms with E-state index in [1.807, 2.05) is 52.8 Å². The summed E-state index contributed by atoms with van der Waals surface area (Å²) >= 11 is 0. The molecule has 0 aliphatic heterocycles. The molecule has 0 saturated carbocycles. The lowest BCUT2D eigenvalue weighted by Crippen LogP contribution is -2.40. The number of aryl methyl sites for hydroxylation is 2. The summed E-state index contributed by atoms with van der Waals surface area (Å²) in [5.74, 6) is -0.420. The summed E-state index contributed by atoms with van der Waals surface area (Å²) in [5.41, 5.74) is 3.52. The van der Waals surface area contributed by atoms with Gasteiger partial charge in [0.05, 0.1) is 0 Å². The number of carbonyl (C=O) groups excluding carboxylic acids is 2. The van der Waals surface area contributed by atoms with Crippen LogP contribution in [0.3, 0.4) is 0 Å². The van der Waals surface area contributed by atoms with Crippen molar-refractivity contribution in [1.82, 2.24) is 5.32 Å². The van der Waals surface area contributed by atoms with Crippen molar-refractivity contribution in [1.29, 1.82) is 0 Å². The first-order valence-corrected chi connectivity index (χ1v) is 7.97. The fraction of sp³-hybridized carbons (Fsp3) is 0.300. The molecule has 4 nitrogen and oxygen atoms in total. The highest BCUT2D eigenvalue weighted by Gasteiger charge is 2.16. The van der Waals surface area contributed by atoms with Crippen LogP contribution in [-0.2, 0) is 0 Å². The van der Waals surface area contributed by atoms with Gasteiger partial charge in [0.25, 0.3) is 11.8 Å². The lowest BCUT2D eigenvalue weighted by atomic mass is 10.1. The zero-order valence-electron chi connectivity index (χ0n) is 14.9. The largest absolute Gasteiger partial charge is 0.347 e. The van der Waals surface area contributed by atoms with Gasteiger partial charge in [-0.3, -0.25) is 9.59 Å². The second-order valence-electron chi connectivity index (χ2n) is 7.06. The Morgan fingerprint density at radius 2 is 1.50 bits per heavy atom. The van der Waals surface area contributed by atoms with Crippen LogP contribution in [0.5, 0.6) is 0 Å².